The second-order valence-electron chi connectivity index (χ2n) is 3.09. The van der Waals surface area contributed by atoms with Gasteiger partial charge in [-0.05, 0) is 34.7 Å². The summed E-state index contributed by atoms with van der Waals surface area (Å²) in [5.41, 5.74) is 7.08. The third-order valence-electron chi connectivity index (χ3n) is 2.16. The normalized spacial score (nSPS) is 10.6. The van der Waals surface area contributed by atoms with Gasteiger partial charge in [-0.1, -0.05) is 6.07 Å². The maximum Gasteiger partial charge on any atom is 0.159 e. The minimum Gasteiger partial charge on any atom is -0.326 e. The van der Waals surface area contributed by atoms with E-state index in [1.165, 1.54) is 17.4 Å². The Morgan fingerprint density at radius 1 is 1.13 bits per heavy atom. The van der Waals surface area contributed by atoms with E-state index in [1.807, 2.05) is 11.4 Å². The Morgan fingerprint density at radius 2 is 1.93 bits per heavy atom. The molecule has 0 fully saturated rings. The van der Waals surface area contributed by atoms with Gasteiger partial charge in [-0.2, -0.15) is 0 Å². The zero-order valence-electron chi connectivity index (χ0n) is 7.84. The molecule has 1 aromatic heterocycles. The summed E-state index contributed by atoms with van der Waals surface area (Å²) in [6.45, 7) is 0.409. The van der Waals surface area contributed by atoms with E-state index < -0.39 is 11.6 Å². The predicted octanol–water partition coefficient (Wildman–Crippen LogP) is 3.15. The fourth-order valence-corrected chi connectivity index (χ4v) is 2.20. The molecule has 0 bridgehead atoms. The number of thiophene rings is 1. The molecule has 0 aliphatic carbocycles. The highest BCUT2D eigenvalue weighted by Crippen LogP contribution is 2.28. The molecule has 0 aliphatic rings. The first kappa shape index (κ1) is 10.3. The van der Waals surface area contributed by atoms with E-state index in [0.717, 1.165) is 16.5 Å². The Labute approximate surface area is 90.2 Å². The van der Waals surface area contributed by atoms with E-state index in [4.69, 9.17) is 5.73 Å². The van der Waals surface area contributed by atoms with Gasteiger partial charge in [0.05, 0.1) is 0 Å². The minimum atomic E-state index is -0.832. The number of halogens is 2. The molecule has 0 saturated carbocycles. The summed E-state index contributed by atoms with van der Waals surface area (Å²) in [4.78, 5) is 0.973. The third-order valence-corrected chi connectivity index (χ3v) is 3.10. The quantitative estimate of drug-likeness (QED) is 0.834. The summed E-state index contributed by atoms with van der Waals surface area (Å²) in [5, 5.41) is 1.89. The molecule has 1 nitrogen and oxygen atoms in total. The van der Waals surface area contributed by atoms with Gasteiger partial charge >= 0.3 is 0 Å². The van der Waals surface area contributed by atoms with Crippen LogP contribution < -0.4 is 5.73 Å². The van der Waals surface area contributed by atoms with Crippen LogP contribution >= 0.6 is 11.3 Å². The van der Waals surface area contributed by atoms with Crippen molar-refractivity contribution >= 4 is 11.3 Å². The largest absolute Gasteiger partial charge is 0.326 e. The Kier molecular flexibility index (Phi) is 2.79. The van der Waals surface area contributed by atoms with Crippen molar-refractivity contribution in [3.63, 3.8) is 0 Å². The fourth-order valence-electron chi connectivity index (χ4n) is 1.42. The molecule has 2 N–H and O–H groups in total. The van der Waals surface area contributed by atoms with E-state index in [2.05, 4.69) is 0 Å². The zero-order chi connectivity index (χ0) is 10.8. The van der Waals surface area contributed by atoms with Crippen molar-refractivity contribution in [1.82, 2.24) is 0 Å². The molecule has 4 heteroatoms. The predicted molar refractivity (Wildman–Crippen MR) is 57.6 cm³/mol. The molecule has 0 atom stereocenters. The third kappa shape index (κ3) is 1.91. The average molecular weight is 225 g/mol. The van der Waals surface area contributed by atoms with Crippen molar-refractivity contribution in [3.8, 4) is 11.1 Å². The van der Waals surface area contributed by atoms with Crippen molar-refractivity contribution in [3.05, 3.63) is 46.2 Å². The number of nitrogens with two attached hydrogens (primary N) is 1. The van der Waals surface area contributed by atoms with Gasteiger partial charge in [-0.15, -0.1) is 11.3 Å². The maximum atomic E-state index is 13.0. The van der Waals surface area contributed by atoms with Gasteiger partial charge in [0, 0.05) is 11.4 Å². The lowest BCUT2D eigenvalue weighted by atomic mass is 10.1. The Hall–Kier alpha value is -1.26. The summed E-state index contributed by atoms with van der Waals surface area (Å²) < 4.78 is 25.7. The van der Waals surface area contributed by atoms with Crippen LogP contribution in [0.2, 0.25) is 0 Å². The van der Waals surface area contributed by atoms with Crippen molar-refractivity contribution in [2.45, 2.75) is 6.54 Å². The van der Waals surface area contributed by atoms with Crippen molar-refractivity contribution in [2.75, 3.05) is 0 Å². The highest BCUT2D eigenvalue weighted by Gasteiger charge is 2.08. The molecule has 78 valence electrons. The molecule has 0 spiro atoms. The lowest BCUT2D eigenvalue weighted by Crippen LogP contribution is -1.95. The molecular weight excluding hydrogens is 216 g/mol. The summed E-state index contributed by atoms with van der Waals surface area (Å²) >= 11 is 1.51. The standard InChI is InChI=1S/C11H9F2NS/c12-9-2-1-7(5-10(9)13)8-3-4-15-11(8)6-14/h1-5H,6,14H2. The lowest BCUT2D eigenvalue weighted by Gasteiger charge is -2.02. The second kappa shape index (κ2) is 4.08. The summed E-state index contributed by atoms with van der Waals surface area (Å²) in [7, 11) is 0. The lowest BCUT2D eigenvalue weighted by molar-refractivity contribution is 0.509. The molecular formula is C11H9F2NS. The molecule has 0 radical (unpaired) electrons. The van der Waals surface area contributed by atoms with Crippen LogP contribution in [-0.2, 0) is 6.54 Å². The van der Waals surface area contributed by atoms with E-state index in [9.17, 15) is 8.78 Å². The van der Waals surface area contributed by atoms with Gasteiger partial charge in [-0.3, -0.25) is 0 Å². The number of hydrogen-bond acceptors (Lipinski definition) is 2. The van der Waals surface area contributed by atoms with E-state index in [-0.39, 0.29) is 0 Å². The molecule has 0 unspecified atom stereocenters. The summed E-state index contributed by atoms with van der Waals surface area (Å²) in [6.07, 6.45) is 0. The molecule has 2 aromatic rings. The highest BCUT2D eigenvalue weighted by atomic mass is 32.1. The first-order valence-electron chi connectivity index (χ1n) is 4.44. The van der Waals surface area contributed by atoms with Gasteiger partial charge < -0.3 is 5.73 Å². The van der Waals surface area contributed by atoms with Gasteiger partial charge in [0.2, 0.25) is 0 Å². The molecule has 0 amide bonds. The van der Waals surface area contributed by atoms with E-state index in [1.54, 1.807) is 6.07 Å². The van der Waals surface area contributed by atoms with Crippen molar-refractivity contribution in [1.29, 1.82) is 0 Å². The Bertz CT molecular complexity index is 479. The first-order valence-corrected chi connectivity index (χ1v) is 5.32. The molecule has 1 aromatic carbocycles. The summed E-state index contributed by atoms with van der Waals surface area (Å²) in [5.74, 6) is -1.66. The first-order chi connectivity index (χ1) is 7.22. The van der Waals surface area contributed by atoms with E-state index in [0.29, 0.717) is 12.1 Å². The highest BCUT2D eigenvalue weighted by molar-refractivity contribution is 7.10. The van der Waals surface area contributed by atoms with Gasteiger partial charge in [0.1, 0.15) is 0 Å². The van der Waals surface area contributed by atoms with Crippen LogP contribution in [0, 0.1) is 11.6 Å². The monoisotopic (exact) mass is 225 g/mol. The van der Waals surface area contributed by atoms with Crippen LogP contribution in [-0.4, -0.2) is 0 Å². The van der Waals surface area contributed by atoms with Crippen molar-refractivity contribution < 1.29 is 8.78 Å². The Morgan fingerprint density at radius 3 is 2.60 bits per heavy atom. The molecule has 15 heavy (non-hydrogen) atoms. The maximum absolute atomic E-state index is 13.0. The van der Waals surface area contributed by atoms with Crippen LogP contribution in [0.1, 0.15) is 4.88 Å². The topological polar surface area (TPSA) is 26.0 Å². The van der Waals surface area contributed by atoms with Crippen LogP contribution in [0.4, 0.5) is 8.78 Å². The number of hydrogen-bond donors (Lipinski definition) is 1. The SMILES string of the molecule is NCc1sccc1-c1ccc(F)c(F)c1. The van der Waals surface area contributed by atoms with Crippen LogP contribution in [0.5, 0.6) is 0 Å². The average Bonchev–Trinajstić information content (AvgIpc) is 2.70. The molecule has 1 heterocycles. The molecule has 0 saturated heterocycles. The fraction of sp³-hybridized carbons (Fsp3) is 0.0909. The zero-order valence-corrected chi connectivity index (χ0v) is 8.65. The molecule has 0 aliphatic heterocycles. The van der Waals surface area contributed by atoms with Gasteiger partial charge in [0.25, 0.3) is 0 Å². The number of benzene rings is 1. The summed E-state index contributed by atoms with van der Waals surface area (Å²) in [6, 6.07) is 5.73. The second-order valence-corrected chi connectivity index (χ2v) is 4.09. The smallest absolute Gasteiger partial charge is 0.159 e. The van der Waals surface area contributed by atoms with Crippen LogP contribution in [0.15, 0.2) is 29.6 Å². The minimum absolute atomic E-state index is 0.409. The van der Waals surface area contributed by atoms with Crippen LogP contribution in [0.25, 0.3) is 11.1 Å². The van der Waals surface area contributed by atoms with Gasteiger partial charge in [-0.25, -0.2) is 8.78 Å². The van der Waals surface area contributed by atoms with E-state index >= 15 is 0 Å². The van der Waals surface area contributed by atoms with Gasteiger partial charge in [0.15, 0.2) is 11.6 Å². The Balaban J connectivity index is 2.50. The molecule has 2 rings (SSSR count). The van der Waals surface area contributed by atoms with Crippen LogP contribution in [0.3, 0.4) is 0 Å². The van der Waals surface area contributed by atoms with Crippen molar-refractivity contribution in [2.24, 2.45) is 5.73 Å². The number of rotatable bonds is 2.